The van der Waals surface area contributed by atoms with Crippen molar-refractivity contribution in [3.8, 4) is 0 Å². The summed E-state index contributed by atoms with van der Waals surface area (Å²) in [6, 6.07) is 0. The first-order valence-electron chi connectivity index (χ1n) is 4.82. The fourth-order valence-electron chi connectivity index (χ4n) is 0.372. The summed E-state index contributed by atoms with van der Waals surface area (Å²) in [5.41, 5.74) is 0. The van der Waals surface area contributed by atoms with Gasteiger partial charge < -0.3 is 28.4 Å². The summed E-state index contributed by atoms with van der Waals surface area (Å²) < 4.78 is 25.9. The fraction of sp³-hybridized carbons (Fsp3) is 0.714. The molecule has 10 heteroatoms. The Morgan fingerprint density at radius 1 is 0.667 bits per heavy atom. The van der Waals surface area contributed by atoms with Crippen LogP contribution in [0.1, 0.15) is 29.7 Å². The molecular weight excluding hydrogens is 320 g/mol. The highest BCUT2D eigenvalue weighted by molar-refractivity contribution is 5.66. The molecule has 0 bridgehead atoms. The van der Waals surface area contributed by atoms with Gasteiger partial charge in [-0.05, 0) is 0 Å². The average Bonchev–Trinajstić information content (AvgIpc) is 2.51. The molecule has 0 aromatic carbocycles. The first-order valence-corrected chi connectivity index (χ1v) is 4.82. The molecule has 24 heavy (non-hydrogen) atoms. The second-order valence-corrected chi connectivity index (χ2v) is 2.27. The molecule has 10 nitrogen and oxygen atoms in total. The Hall–Kier alpha value is -2.70. The molecule has 0 saturated heterocycles. The molecule has 0 aromatic rings. The van der Waals surface area contributed by atoms with Gasteiger partial charge in [-0.15, -0.1) is 4.95 Å². The molecule has 0 aliphatic rings. The van der Waals surface area contributed by atoms with Crippen LogP contribution in [0.4, 0.5) is 0 Å². The van der Waals surface area contributed by atoms with Crippen LogP contribution < -0.4 is 0 Å². The Morgan fingerprint density at radius 2 is 0.917 bits per heavy atom. The zero-order valence-electron chi connectivity index (χ0n) is 12.3. The number of methoxy groups -OCH3 is 6. The van der Waals surface area contributed by atoms with Crippen LogP contribution in [0.5, 0.6) is 0 Å². The van der Waals surface area contributed by atoms with Crippen molar-refractivity contribution in [2.24, 2.45) is 5.10 Å². The van der Waals surface area contributed by atoms with Crippen molar-refractivity contribution in [1.82, 2.24) is 0 Å². The molecule has 0 atom stereocenters. The van der Waals surface area contributed by atoms with E-state index in [9.17, 15) is 0 Å². The van der Waals surface area contributed by atoms with Gasteiger partial charge in [0.25, 0.3) is 0 Å². The minimum absolute atomic E-state index is 0. The van der Waals surface area contributed by atoms with Crippen LogP contribution in [0.15, 0.2) is 5.10 Å². The van der Waals surface area contributed by atoms with E-state index in [2.05, 4.69) is 38.5 Å². The number of nitrogens with zero attached hydrogens (tertiary/aromatic N) is 2. The number of nitrogens with one attached hydrogen (secondary N) is 2. The smallest absolute Gasteiger partial charge is 0.454 e. The molecule has 0 spiro atoms. The summed E-state index contributed by atoms with van der Waals surface area (Å²) >= 11 is 0. The van der Waals surface area contributed by atoms with Crippen molar-refractivity contribution in [3.05, 3.63) is 11.5 Å². The maximum atomic E-state index is 6.54. The van der Waals surface area contributed by atoms with Gasteiger partial charge in [0.2, 0.25) is 0 Å². The van der Waals surface area contributed by atoms with E-state index in [1.807, 2.05) is 0 Å². The van der Waals surface area contributed by atoms with Crippen LogP contribution in [0, 0.1) is 17.4 Å². The molecule has 0 radical (unpaired) electrons. The quantitative estimate of drug-likeness (QED) is 0.297. The number of hydrogen-bond acceptors (Lipinski definition) is 9. The van der Waals surface area contributed by atoms with Crippen LogP contribution in [-0.4, -0.2) is 60.9 Å². The first-order chi connectivity index (χ1) is 9.46. The van der Waals surface area contributed by atoms with E-state index in [-0.39, 0.29) is 48.0 Å². The van der Waals surface area contributed by atoms with Crippen LogP contribution >= 0.6 is 0 Å². The summed E-state index contributed by atoms with van der Waals surface area (Å²) in [4.78, 5) is 2.67. The second-order valence-electron chi connectivity index (χ2n) is 2.27. The van der Waals surface area contributed by atoms with Gasteiger partial charge >= 0.3 is 18.3 Å². The molecule has 148 valence electrons. The van der Waals surface area contributed by atoms with Crippen molar-refractivity contribution < 1.29 is 28.4 Å². The summed E-state index contributed by atoms with van der Waals surface area (Å²) in [5, 5.41) is 16.2. The predicted molar refractivity (Wildman–Crippen MR) is 98.5 cm³/mol. The third-order valence-electron chi connectivity index (χ3n) is 1.22. The molecule has 0 aromatic heterocycles. The monoisotopic (exact) mass is 356 g/mol. The van der Waals surface area contributed by atoms with Crippen LogP contribution in [0.3, 0.4) is 0 Å². The summed E-state index contributed by atoms with van der Waals surface area (Å²) in [7, 11) is 8.29. The predicted octanol–water partition coefficient (Wildman–Crippen LogP) is 3.44. The van der Waals surface area contributed by atoms with Gasteiger partial charge in [0.1, 0.15) is 0 Å². The number of rotatable bonds is 0. The number of hydrogen-bond donors (Lipinski definition) is 2. The second kappa shape index (κ2) is 37.0. The third-order valence-corrected chi connectivity index (χ3v) is 1.22. The molecule has 0 aliphatic carbocycles. The van der Waals surface area contributed by atoms with E-state index in [4.69, 9.17) is 17.4 Å². The van der Waals surface area contributed by atoms with Crippen molar-refractivity contribution in [3.63, 3.8) is 0 Å². The Balaban J connectivity index is -0.0000000338. The SMILES string of the molecule is C.C.C.C.COC(=N)OC.COC(=N)OC.[C-]#[N+]N=C(OC)OC. The van der Waals surface area contributed by atoms with Gasteiger partial charge in [0.15, 0.2) is 5.10 Å². The molecule has 0 saturated carbocycles. The van der Waals surface area contributed by atoms with Crippen molar-refractivity contribution in [1.29, 1.82) is 10.8 Å². The van der Waals surface area contributed by atoms with E-state index in [1.54, 1.807) is 0 Å². The van der Waals surface area contributed by atoms with Crippen LogP contribution in [0.25, 0.3) is 4.95 Å². The lowest BCUT2D eigenvalue weighted by molar-refractivity contribution is 0.238. The third kappa shape index (κ3) is 42.7. The molecule has 0 rings (SSSR count). The van der Waals surface area contributed by atoms with E-state index in [0.29, 0.717) is 0 Å². The molecule has 0 aliphatic heterocycles. The lowest BCUT2D eigenvalue weighted by atomic mass is 11.2. The van der Waals surface area contributed by atoms with Crippen molar-refractivity contribution in [2.75, 3.05) is 42.7 Å². The van der Waals surface area contributed by atoms with Crippen molar-refractivity contribution in [2.45, 2.75) is 29.7 Å². The fourth-order valence-corrected chi connectivity index (χ4v) is 0.372. The minimum atomic E-state index is -0.157. The zero-order valence-corrected chi connectivity index (χ0v) is 12.3. The van der Waals surface area contributed by atoms with Gasteiger partial charge in [0, 0.05) is 0 Å². The molecule has 0 heterocycles. The Morgan fingerprint density at radius 3 is 0.958 bits per heavy atom. The highest BCUT2D eigenvalue weighted by atomic mass is 16.7. The van der Waals surface area contributed by atoms with Gasteiger partial charge in [-0.1, -0.05) is 29.7 Å². The summed E-state index contributed by atoms with van der Waals surface area (Å²) in [6.45, 7) is 6.22. The molecule has 0 unspecified atom stereocenters. The first kappa shape index (κ1) is 42.9. The maximum absolute atomic E-state index is 6.54. The Kier molecular flexibility index (Phi) is 66.1. The standard InChI is InChI=1S/C4H6N2O2.2C3H7NO2.4CH4/c1-5-6-4(7-2)8-3;2*1-5-3(4)6-2;;;;/h2-3H3;2*4H,1-2H3;4*1H4. The normalized spacial score (nSPS) is 5.71. The van der Waals surface area contributed by atoms with E-state index in [0.717, 1.165) is 0 Å². The lowest BCUT2D eigenvalue weighted by Gasteiger charge is -1.94. The molecule has 0 fully saturated rings. The average molecular weight is 356 g/mol. The highest BCUT2D eigenvalue weighted by Gasteiger charge is 1.95. The highest BCUT2D eigenvalue weighted by Crippen LogP contribution is 1.79. The molecular formula is C14H36N4O6. The topological polar surface area (TPSA) is 120 Å². The Bertz CT molecular complexity index is 296. The molecule has 2 N–H and O–H groups in total. The zero-order chi connectivity index (χ0) is 16.4. The van der Waals surface area contributed by atoms with Gasteiger partial charge in [-0.2, -0.15) is 6.57 Å². The van der Waals surface area contributed by atoms with E-state index >= 15 is 0 Å². The van der Waals surface area contributed by atoms with Gasteiger partial charge in [-0.25, -0.2) is 10.8 Å². The van der Waals surface area contributed by atoms with Crippen molar-refractivity contribution >= 4 is 18.3 Å². The number of ether oxygens (including phenoxy) is 6. The summed E-state index contributed by atoms with van der Waals surface area (Å²) in [6.07, 6.45) is -0.329. The Labute approximate surface area is 147 Å². The van der Waals surface area contributed by atoms with E-state index in [1.165, 1.54) is 42.7 Å². The van der Waals surface area contributed by atoms with Crippen LogP contribution in [-0.2, 0) is 28.4 Å². The largest absolute Gasteiger partial charge is 0.463 e. The lowest BCUT2D eigenvalue weighted by Crippen LogP contribution is -2.01. The minimum Gasteiger partial charge on any atom is -0.454 e. The van der Waals surface area contributed by atoms with Crippen LogP contribution in [0.2, 0.25) is 0 Å². The molecule has 0 amide bonds. The summed E-state index contributed by atoms with van der Waals surface area (Å²) in [5.74, 6) is 0. The van der Waals surface area contributed by atoms with Gasteiger partial charge in [-0.3, -0.25) is 0 Å². The van der Waals surface area contributed by atoms with E-state index < -0.39 is 0 Å². The maximum Gasteiger partial charge on any atom is 0.463 e. The van der Waals surface area contributed by atoms with Gasteiger partial charge in [0.05, 0.1) is 42.7 Å².